The molecule has 0 saturated heterocycles. The first-order chi connectivity index (χ1) is 62.6. The van der Waals surface area contributed by atoms with Crippen molar-refractivity contribution in [1.82, 2.24) is 0 Å². The molecule has 8 heteroatoms. The van der Waals surface area contributed by atoms with E-state index in [1.807, 2.05) is 12.1 Å². The molecular formula is C119H114ClFN2O4. The fourth-order valence-electron chi connectivity index (χ4n) is 20.2. The van der Waals surface area contributed by atoms with E-state index in [0.717, 1.165) is 144 Å². The van der Waals surface area contributed by atoms with Crippen LogP contribution in [0.25, 0.3) is 153 Å². The summed E-state index contributed by atoms with van der Waals surface area (Å²) in [6.45, 7) is 9.20. The van der Waals surface area contributed by atoms with Gasteiger partial charge in [0.05, 0.1) is 11.4 Å². The molecule has 0 aliphatic heterocycles. The van der Waals surface area contributed by atoms with E-state index in [9.17, 15) is 4.39 Å². The van der Waals surface area contributed by atoms with E-state index < -0.39 is 0 Å². The van der Waals surface area contributed by atoms with Gasteiger partial charge in [-0.25, -0.2) is 4.39 Å². The summed E-state index contributed by atoms with van der Waals surface area (Å²) in [5.41, 5.74) is 21.4. The quantitative estimate of drug-likeness (QED) is 0.0224. The van der Waals surface area contributed by atoms with Crippen LogP contribution >= 0.6 is 11.6 Å². The van der Waals surface area contributed by atoms with Crippen LogP contribution in [0.2, 0.25) is 0 Å². The highest BCUT2D eigenvalue weighted by Crippen LogP contribution is 2.50. The normalized spacial score (nSPS) is 12.4. The molecule has 20 rings (SSSR count). The summed E-state index contributed by atoms with van der Waals surface area (Å²) in [5, 5.41) is 18.6. The summed E-state index contributed by atoms with van der Waals surface area (Å²) < 4.78 is 40.6. The number of halogens is 2. The summed E-state index contributed by atoms with van der Waals surface area (Å²) in [4.78, 5) is 4.74. The Morgan fingerprint density at radius 2 is 0.551 bits per heavy atom. The molecule has 2 unspecified atom stereocenters. The summed E-state index contributed by atoms with van der Waals surface area (Å²) >= 11 is 6.10. The lowest BCUT2D eigenvalue weighted by atomic mass is 9.87. The summed E-state index contributed by atoms with van der Waals surface area (Å²) in [6, 6.07) is 108. The second-order valence-corrected chi connectivity index (χ2v) is 35.9. The molecule has 0 fully saturated rings. The van der Waals surface area contributed by atoms with Crippen LogP contribution < -0.4 is 9.80 Å². The van der Waals surface area contributed by atoms with Crippen molar-refractivity contribution in [3.63, 3.8) is 0 Å². The van der Waals surface area contributed by atoms with Gasteiger partial charge in [-0.3, -0.25) is 0 Å². The van der Waals surface area contributed by atoms with E-state index in [1.165, 1.54) is 226 Å². The van der Waals surface area contributed by atoms with Crippen molar-refractivity contribution in [2.75, 3.05) is 9.80 Å². The van der Waals surface area contributed by atoms with E-state index in [0.29, 0.717) is 17.7 Å². The van der Waals surface area contributed by atoms with Crippen molar-refractivity contribution < 1.29 is 22.1 Å². The monoisotopic (exact) mass is 1690 g/mol. The number of alkyl halides is 1. The fourth-order valence-corrected chi connectivity index (χ4v) is 20.4. The number of rotatable bonds is 35. The van der Waals surface area contributed by atoms with Gasteiger partial charge in [0, 0.05) is 107 Å². The van der Waals surface area contributed by atoms with E-state index in [1.54, 1.807) is 0 Å². The second-order valence-electron chi connectivity index (χ2n) is 35.6. The molecule has 6 nitrogen and oxygen atoms in total. The zero-order chi connectivity index (χ0) is 86.1. The van der Waals surface area contributed by atoms with Crippen LogP contribution in [-0.4, -0.2) is 0 Å². The molecule has 0 amide bonds. The third-order valence-corrected chi connectivity index (χ3v) is 27.4. The topological polar surface area (TPSA) is 59.0 Å². The minimum Gasteiger partial charge on any atom is -0.456 e. The number of furan rings is 4. The molecular weight excluding hydrogens is 1580 g/mol. The van der Waals surface area contributed by atoms with Gasteiger partial charge in [0.2, 0.25) is 0 Å². The third-order valence-electron chi connectivity index (χ3n) is 27.1. The van der Waals surface area contributed by atoms with Gasteiger partial charge < -0.3 is 27.5 Å². The number of benzene rings is 16. The van der Waals surface area contributed by atoms with Crippen molar-refractivity contribution in [2.24, 2.45) is 0 Å². The number of anilines is 6. The van der Waals surface area contributed by atoms with Crippen LogP contribution in [0.4, 0.5) is 38.5 Å². The molecule has 4 aromatic heterocycles. The Balaban J connectivity index is 0.000000166. The molecule has 16 aromatic carbocycles. The first kappa shape index (κ1) is 84.1. The predicted octanol–water partition coefficient (Wildman–Crippen LogP) is 38.3. The van der Waals surface area contributed by atoms with Gasteiger partial charge in [0.1, 0.15) is 50.5 Å². The van der Waals surface area contributed by atoms with E-state index in [-0.39, 0.29) is 5.82 Å². The van der Waals surface area contributed by atoms with Gasteiger partial charge in [0.25, 0.3) is 0 Å². The van der Waals surface area contributed by atoms with E-state index >= 15 is 0 Å². The highest BCUT2D eigenvalue weighted by molar-refractivity contribution is 6.19. The fraction of sp³-hybridized carbons (Fsp3) is 0.261. The van der Waals surface area contributed by atoms with Crippen LogP contribution in [0.1, 0.15) is 210 Å². The van der Waals surface area contributed by atoms with Gasteiger partial charge in [-0.15, -0.1) is 11.6 Å². The number of hydrogen-bond acceptors (Lipinski definition) is 6. The average Bonchev–Trinajstić information content (AvgIpc) is 1.73. The second kappa shape index (κ2) is 38.8. The van der Waals surface area contributed by atoms with Crippen LogP contribution in [0.5, 0.6) is 0 Å². The Morgan fingerprint density at radius 3 is 0.969 bits per heavy atom. The maximum atomic E-state index is 13.8. The standard InChI is InChI=1S/C60H58ClNO2.C59H56FNO2/c1-3-5-7-9-10-12-18-42(17-11-8-6-4-2)44-27-33-57-54(35-44)52-31-29-47(38-59(52)63-57)62(56-37-46-19-13-14-20-49(46)50-21-15-16-22-51(50)56)48-30-32-53-55-36-45(28-34-58(55)64-60(53)39-48)43-25-23-41(40-61)24-26-43;1-3-5-7-9-10-12-18-40(17-11-8-6-4-2)42-26-34-56-54(35-42)53-33-30-47(39-59(53)62-56)61(55-36-44-19-13-14-20-48(44)49-21-15-16-22-50(49)55)46-29-32-52-51-31-25-43(37-57(51)63-58(52)38-46)41-23-27-45(60)28-24-41/h13-16,19-39,42H,3-12,17-18,40H2,1-2H3;13-16,19-40H,3-12,17-18H2,1-2H3. The van der Waals surface area contributed by atoms with E-state index in [2.05, 4.69) is 317 Å². The largest absolute Gasteiger partial charge is 0.456 e. The molecule has 127 heavy (non-hydrogen) atoms. The number of hydrogen-bond donors (Lipinski definition) is 0. The minimum atomic E-state index is -0.246. The molecule has 0 bridgehead atoms. The van der Waals surface area contributed by atoms with Crippen molar-refractivity contribution in [3.05, 3.63) is 326 Å². The first-order valence-electron chi connectivity index (χ1n) is 47.3. The molecule has 20 aromatic rings. The van der Waals surface area contributed by atoms with Crippen molar-refractivity contribution in [3.8, 4) is 22.3 Å². The van der Waals surface area contributed by atoms with E-state index in [4.69, 9.17) is 29.3 Å². The summed E-state index contributed by atoms with van der Waals surface area (Å²) in [7, 11) is 0. The molecule has 0 N–H and O–H groups in total. The molecule has 0 aliphatic rings. The molecule has 0 spiro atoms. The van der Waals surface area contributed by atoms with Crippen LogP contribution in [0, 0.1) is 5.82 Å². The maximum absolute atomic E-state index is 13.8. The van der Waals surface area contributed by atoms with Gasteiger partial charge in [-0.2, -0.15) is 0 Å². The Labute approximate surface area is 750 Å². The average molecular weight is 1690 g/mol. The number of nitrogens with zero attached hydrogens (tertiary/aromatic N) is 2. The lowest BCUT2D eigenvalue weighted by molar-refractivity contribution is 0.491. The van der Waals surface area contributed by atoms with Gasteiger partial charge in [0.15, 0.2) is 0 Å². The maximum Gasteiger partial charge on any atom is 0.137 e. The van der Waals surface area contributed by atoms with Gasteiger partial charge >= 0.3 is 0 Å². The zero-order valence-electron chi connectivity index (χ0n) is 74.0. The summed E-state index contributed by atoms with van der Waals surface area (Å²) in [6.07, 6.45) is 31.4. The van der Waals surface area contributed by atoms with Crippen molar-refractivity contribution in [2.45, 2.75) is 200 Å². The van der Waals surface area contributed by atoms with Crippen molar-refractivity contribution >= 4 is 177 Å². The Bertz CT molecular complexity index is 7270. The lowest BCUT2D eigenvalue weighted by Crippen LogP contribution is -2.10. The molecule has 0 aliphatic carbocycles. The molecule has 0 saturated carbocycles. The summed E-state index contributed by atoms with van der Waals surface area (Å²) in [5.74, 6) is 1.41. The third kappa shape index (κ3) is 17.8. The SMILES string of the molecule is CCCCCCCCC(CCCCCC)c1ccc2oc3cc(N(c4ccc5c(c4)oc4cc(-c6ccc(F)cc6)ccc45)c4cc5ccccc5c5ccccc45)ccc3c2c1.CCCCCCCCC(CCCCCC)c1ccc2oc3cc(N(c4ccc5c(c4)oc4ccc(-c6ccc(CCl)cc6)cc45)c4cc5ccccc5c5ccccc45)ccc3c2c1. The van der Waals surface area contributed by atoms with Crippen LogP contribution in [0.15, 0.2) is 321 Å². The zero-order valence-corrected chi connectivity index (χ0v) is 74.7. The van der Waals surface area contributed by atoms with Crippen molar-refractivity contribution in [1.29, 1.82) is 0 Å². The minimum absolute atomic E-state index is 0.246. The molecule has 638 valence electrons. The molecule has 0 radical (unpaired) electrons. The molecule has 4 heterocycles. The predicted molar refractivity (Wildman–Crippen MR) is 541 cm³/mol. The van der Waals surface area contributed by atoms with Gasteiger partial charge in [-0.05, 0) is 230 Å². The first-order valence-corrected chi connectivity index (χ1v) is 47.9. The lowest BCUT2D eigenvalue weighted by Gasteiger charge is -2.27. The highest BCUT2D eigenvalue weighted by Gasteiger charge is 2.26. The van der Waals surface area contributed by atoms with Crippen LogP contribution in [0.3, 0.4) is 0 Å². The Hall–Kier alpha value is -12.4. The Morgan fingerprint density at radius 1 is 0.244 bits per heavy atom. The van der Waals surface area contributed by atoms with Crippen LogP contribution in [-0.2, 0) is 5.88 Å². The van der Waals surface area contributed by atoms with Gasteiger partial charge in [-0.1, -0.05) is 314 Å². The molecule has 2 atom stereocenters. The number of fused-ring (bicyclic) bond motifs is 18. The number of unbranched alkanes of at least 4 members (excludes halogenated alkanes) is 16. The highest BCUT2D eigenvalue weighted by atomic mass is 35.5. The smallest absolute Gasteiger partial charge is 0.137 e. The Kier molecular flexibility index (Phi) is 25.7.